The Morgan fingerprint density at radius 3 is 2.62 bits per heavy atom. The average Bonchev–Trinajstić information content (AvgIpc) is 2.67. The molecule has 1 saturated carbocycles. The fraction of sp³-hybridized carbons (Fsp3) is 0.571. The van der Waals surface area contributed by atoms with Crippen LogP contribution in [-0.4, -0.2) is 12.6 Å². The minimum Gasteiger partial charge on any atom is -0.314 e. The van der Waals surface area contributed by atoms with Gasteiger partial charge in [-0.25, -0.2) is 4.39 Å². The van der Waals surface area contributed by atoms with E-state index < -0.39 is 0 Å². The zero-order valence-corrected chi connectivity index (χ0v) is 9.88. The Kier molecular flexibility index (Phi) is 3.94. The highest BCUT2D eigenvalue weighted by atomic mass is 19.1. The number of hydrogen-bond acceptors (Lipinski definition) is 1. The third-order valence-electron chi connectivity index (χ3n) is 3.45. The maximum atomic E-state index is 12.7. The quantitative estimate of drug-likeness (QED) is 0.823. The second kappa shape index (κ2) is 5.44. The molecule has 2 rings (SSSR count). The fourth-order valence-electron chi connectivity index (χ4n) is 2.46. The molecular weight excluding hydrogens is 201 g/mol. The van der Waals surface area contributed by atoms with E-state index in [0.29, 0.717) is 6.04 Å². The van der Waals surface area contributed by atoms with Crippen LogP contribution in [0.25, 0.3) is 0 Å². The summed E-state index contributed by atoms with van der Waals surface area (Å²) in [5.41, 5.74) is 1.21. The summed E-state index contributed by atoms with van der Waals surface area (Å²) in [6.07, 6.45) is 4.97. The van der Waals surface area contributed by atoms with Gasteiger partial charge >= 0.3 is 0 Å². The Balaban J connectivity index is 1.70. The third kappa shape index (κ3) is 3.31. The first-order valence-electron chi connectivity index (χ1n) is 6.22. The first kappa shape index (κ1) is 11.6. The van der Waals surface area contributed by atoms with Crippen molar-refractivity contribution in [1.29, 1.82) is 0 Å². The van der Waals surface area contributed by atoms with Gasteiger partial charge in [-0.05, 0) is 55.8 Å². The molecule has 0 amide bonds. The molecule has 1 aromatic rings. The van der Waals surface area contributed by atoms with Crippen LogP contribution in [0.1, 0.15) is 31.7 Å². The van der Waals surface area contributed by atoms with Crippen LogP contribution in [0.3, 0.4) is 0 Å². The molecule has 2 unspecified atom stereocenters. The standard InChI is InChI=1S/C14H20FN/c1-11-2-7-14(10-11)16-9-8-12-3-5-13(15)6-4-12/h3-6,11,14,16H,2,7-10H2,1H3. The molecule has 2 heteroatoms. The van der Waals surface area contributed by atoms with Gasteiger partial charge in [0.2, 0.25) is 0 Å². The van der Waals surface area contributed by atoms with Crippen LogP contribution in [0.4, 0.5) is 4.39 Å². The van der Waals surface area contributed by atoms with E-state index in [1.54, 1.807) is 0 Å². The monoisotopic (exact) mass is 221 g/mol. The van der Waals surface area contributed by atoms with Gasteiger partial charge in [0.1, 0.15) is 5.82 Å². The van der Waals surface area contributed by atoms with Gasteiger partial charge in [-0.1, -0.05) is 19.1 Å². The van der Waals surface area contributed by atoms with Crippen LogP contribution in [0.15, 0.2) is 24.3 Å². The Hall–Kier alpha value is -0.890. The molecule has 0 spiro atoms. The summed E-state index contributed by atoms with van der Waals surface area (Å²) < 4.78 is 12.7. The number of hydrogen-bond donors (Lipinski definition) is 1. The molecule has 1 fully saturated rings. The van der Waals surface area contributed by atoms with Gasteiger partial charge in [0.25, 0.3) is 0 Å². The molecule has 0 aliphatic heterocycles. The summed E-state index contributed by atoms with van der Waals surface area (Å²) in [6, 6.07) is 7.51. The fourth-order valence-corrected chi connectivity index (χ4v) is 2.46. The van der Waals surface area contributed by atoms with E-state index in [-0.39, 0.29) is 5.82 Å². The summed E-state index contributed by atoms with van der Waals surface area (Å²) in [5.74, 6) is 0.727. The van der Waals surface area contributed by atoms with Crippen LogP contribution in [0, 0.1) is 11.7 Å². The molecule has 0 radical (unpaired) electrons. The van der Waals surface area contributed by atoms with Crippen molar-refractivity contribution < 1.29 is 4.39 Å². The summed E-state index contributed by atoms with van der Waals surface area (Å²) in [7, 11) is 0. The Labute approximate surface area is 97.1 Å². The second-order valence-electron chi connectivity index (χ2n) is 4.95. The minimum atomic E-state index is -0.152. The van der Waals surface area contributed by atoms with Crippen molar-refractivity contribution in [2.75, 3.05) is 6.54 Å². The molecule has 0 bridgehead atoms. The summed E-state index contributed by atoms with van der Waals surface area (Å²) in [4.78, 5) is 0. The molecule has 0 saturated heterocycles. The van der Waals surface area contributed by atoms with E-state index in [0.717, 1.165) is 18.9 Å². The highest BCUT2D eigenvalue weighted by molar-refractivity contribution is 5.16. The molecule has 0 heterocycles. The summed E-state index contributed by atoms with van der Waals surface area (Å²) >= 11 is 0. The van der Waals surface area contributed by atoms with Gasteiger partial charge in [0, 0.05) is 6.04 Å². The maximum absolute atomic E-state index is 12.7. The van der Waals surface area contributed by atoms with Crippen LogP contribution < -0.4 is 5.32 Å². The molecule has 88 valence electrons. The predicted octanol–water partition coefficient (Wildman–Crippen LogP) is 3.15. The summed E-state index contributed by atoms with van der Waals surface area (Å²) in [6.45, 7) is 3.32. The lowest BCUT2D eigenvalue weighted by atomic mass is 10.1. The molecule has 2 atom stereocenters. The predicted molar refractivity (Wildman–Crippen MR) is 64.9 cm³/mol. The van der Waals surface area contributed by atoms with Crippen molar-refractivity contribution in [3.8, 4) is 0 Å². The van der Waals surface area contributed by atoms with Crippen LogP contribution in [-0.2, 0) is 6.42 Å². The van der Waals surface area contributed by atoms with Crippen molar-refractivity contribution >= 4 is 0 Å². The molecule has 1 N–H and O–H groups in total. The molecule has 1 aromatic carbocycles. The van der Waals surface area contributed by atoms with Gasteiger partial charge < -0.3 is 5.32 Å². The van der Waals surface area contributed by atoms with Gasteiger partial charge in [0.15, 0.2) is 0 Å². The van der Waals surface area contributed by atoms with Crippen molar-refractivity contribution in [3.63, 3.8) is 0 Å². The normalized spacial score (nSPS) is 24.9. The molecule has 0 aromatic heterocycles. The van der Waals surface area contributed by atoms with Crippen molar-refractivity contribution in [3.05, 3.63) is 35.6 Å². The SMILES string of the molecule is CC1CCC(NCCc2ccc(F)cc2)C1. The number of rotatable bonds is 4. The Morgan fingerprint density at radius 2 is 2.00 bits per heavy atom. The molecule has 1 aliphatic carbocycles. The first-order valence-corrected chi connectivity index (χ1v) is 6.22. The number of nitrogens with one attached hydrogen (secondary N) is 1. The Morgan fingerprint density at radius 1 is 1.25 bits per heavy atom. The molecule has 1 nitrogen and oxygen atoms in total. The molecule has 1 aliphatic rings. The third-order valence-corrected chi connectivity index (χ3v) is 3.45. The number of halogens is 1. The van der Waals surface area contributed by atoms with Crippen molar-refractivity contribution in [2.24, 2.45) is 5.92 Å². The number of benzene rings is 1. The lowest BCUT2D eigenvalue weighted by molar-refractivity contribution is 0.505. The van der Waals surface area contributed by atoms with Crippen LogP contribution in [0.2, 0.25) is 0 Å². The minimum absolute atomic E-state index is 0.152. The van der Waals surface area contributed by atoms with Gasteiger partial charge in [-0.2, -0.15) is 0 Å². The smallest absolute Gasteiger partial charge is 0.123 e. The lowest BCUT2D eigenvalue weighted by Gasteiger charge is -2.12. The largest absolute Gasteiger partial charge is 0.314 e. The second-order valence-corrected chi connectivity index (χ2v) is 4.95. The molecule has 16 heavy (non-hydrogen) atoms. The highest BCUT2D eigenvalue weighted by Gasteiger charge is 2.19. The Bertz CT molecular complexity index is 320. The van der Waals surface area contributed by atoms with E-state index in [2.05, 4.69) is 12.2 Å². The first-order chi connectivity index (χ1) is 7.74. The molecular formula is C14H20FN. The topological polar surface area (TPSA) is 12.0 Å². The van der Waals surface area contributed by atoms with E-state index in [4.69, 9.17) is 0 Å². The van der Waals surface area contributed by atoms with E-state index >= 15 is 0 Å². The van der Waals surface area contributed by atoms with E-state index in [1.165, 1.54) is 37.0 Å². The van der Waals surface area contributed by atoms with Crippen molar-refractivity contribution in [1.82, 2.24) is 5.32 Å². The highest BCUT2D eigenvalue weighted by Crippen LogP contribution is 2.24. The van der Waals surface area contributed by atoms with Gasteiger partial charge in [-0.15, -0.1) is 0 Å². The van der Waals surface area contributed by atoms with Crippen LogP contribution >= 0.6 is 0 Å². The van der Waals surface area contributed by atoms with Crippen LogP contribution in [0.5, 0.6) is 0 Å². The summed E-state index contributed by atoms with van der Waals surface area (Å²) in [5, 5.41) is 3.58. The van der Waals surface area contributed by atoms with E-state index in [1.807, 2.05) is 12.1 Å². The van der Waals surface area contributed by atoms with Gasteiger partial charge in [0.05, 0.1) is 0 Å². The maximum Gasteiger partial charge on any atom is 0.123 e. The van der Waals surface area contributed by atoms with Gasteiger partial charge in [-0.3, -0.25) is 0 Å². The van der Waals surface area contributed by atoms with Crippen molar-refractivity contribution in [2.45, 2.75) is 38.6 Å². The van der Waals surface area contributed by atoms with E-state index in [9.17, 15) is 4.39 Å². The zero-order chi connectivity index (χ0) is 11.4. The lowest BCUT2D eigenvalue weighted by Crippen LogP contribution is -2.28. The average molecular weight is 221 g/mol. The zero-order valence-electron chi connectivity index (χ0n) is 9.88.